The monoisotopic (exact) mass is 381 g/mol. The molecule has 1 amide bonds. The average molecular weight is 381 g/mol. The van der Waals surface area contributed by atoms with Crippen molar-refractivity contribution in [3.63, 3.8) is 0 Å². The topological polar surface area (TPSA) is 110 Å². The van der Waals surface area contributed by atoms with E-state index >= 15 is 0 Å². The fourth-order valence-corrected chi connectivity index (χ4v) is 3.35. The maximum atomic E-state index is 13.2. The molecule has 0 atom stereocenters. The first-order chi connectivity index (χ1) is 13.2. The number of ketones is 2. The molecule has 0 saturated heterocycles. The molecule has 0 heterocycles. The molecule has 28 heavy (non-hydrogen) atoms. The third-order valence-electron chi connectivity index (χ3n) is 4.72. The molecule has 2 aromatic rings. The van der Waals surface area contributed by atoms with Gasteiger partial charge >= 0.3 is 12.1 Å². The normalized spacial score (nSPS) is 14.7. The molecule has 0 bridgehead atoms. The number of nitrogens with one attached hydrogen (secondary N) is 1. The summed E-state index contributed by atoms with van der Waals surface area (Å²) in [4.78, 5) is 49.8. The highest BCUT2D eigenvalue weighted by Crippen LogP contribution is 2.42. The molecular weight excluding hydrogens is 362 g/mol. The van der Waals surface area contributed by atoms with Crippen molar-refractivity contribution in [2.75, 3.05) is 0 Å². The van der Waals surface area contributed by atoms with Gasteiger partial charge in [0.15, 0.2) is 5.54 Å². The van der Waals surface area contributed by atoms with Crippen LogP contribution in [0.2, 0.25) is 0 Å². The number of phenolic OH excluding ortho intramolecular Hbond substituents is 1. The smallest absolute Gasteiger partial charge is 0.416 e. The van der Waals surface area contributed by atoms with Gasteiger partial charge in [-0.1, -0.05) is 50.2 Å². The summed E-state index contributed by atoms with van der Waals surface area (Å²) in [5, 5.41) is 12.8. The first kappa shape index (κ1) is 19.3. The predicted molar refractivity (Wildman–Crippen MR) is 99.3 cm³/mol. The van der Waals surface area contributed by atoms with Gasteiger partial charge in [-0.25, -0.2) is 4.79 Å². The van der Waals surface area contributed by atoms with Crippen LogP contribution in [-0.4, -0.2) is 28.7 Å². The van der Waals surface area contributed by atoms with Crippen molar-refractivity contribution < 1.29 is 29.0 Å². The van der Waals surface area contributed by atoms with E-state index in [-0.39, 0.29) is 28.4 Å². The van der Waals surface area contributed by atoms with Crippen LogP contribution in [0, 0.1) is 0 Å². The number of amides is 1. The van der Waals surface area contributed by atoms with Crippen molar-refractivity contribution in [3.8, 4) is 5.75 Å². The molecule has 1 aliphatic rings. The van der Waals surface area contributed by atoms with Gasteiger partial charge in [-0.05, 0) is 17.5 Å². The van der Waals surface area contributed by atoms with Crippen LogP contribution in [-0.2, 0) is 15.1 Å². The number of rotatable bonds is 3. The second-order valence-corrected chi connectivity index (χ2v) is 6.89. The highest BCUT2D eigenvalue weighted by molar-refractivity contribution is 6.33. The second kappa shape index (κ2) is 6.92. The molecule has 0 aromatic heterocycles. The van der Waals surface area contributed by atoms with Gasteiger partial charge in [0.1, 0.15) is 5.75 Å². The maximum Gasteiger partial charge on any atom is 0.416 e. The van der Waals surface area contributed by atoms with Crippen molar-refractivity contribution >= 4 is 23.6 Å². The molecule has 0 aliphatic heterocycles. The van der Waals surface area contributed by atoms with Gasteiger partial charge in [0, 0.05) is 23.6 Å². The van der Waals surface area contributed by atoms with E-state index in [1.54, 1.807) is 18.2 Å². The van der Waals surface area contributed by atoms with Gasteiger partial charge in [0.25, 0.3) is 0 Å². The fraction of sp³-hybridized carbons (Fsp3) is 0.238. The standard InChI is InChI=1S/C21H19NO6/c1-11(2)13-8-9-16(17(24)10-13)21(22-20(27)28-12(3)23)18(25)14-6-4-5-7-15(14)19(21)26/h4-11,24H,1-3H3,(H,22,27). The molecule has 3 rings (SSSR count). The molecule has 2 aromatic carbocycles. The molecule has 0 radical (unpaired) electrons. The van der Waals surface area contributed by atoms with Crippen LogP contribution in [0.15, 0.2) is 42.5 Å². The summed E-state index contributed by atoms with van der Waals surface area (Å²) in [6, 6.07) is 10.7. The van der Waals surface area contributed by atoms with Gasteiger partial charge in [-0.15, -0.1) is 0 Å². The van der Waals surface area contributed by atoms with Crippen LogP contribution in [0.3, 0.4) is 0 Å². The highest BCUT2D eigenvalue weighted by Gasteiger charge is 2.57. The number of carbonyl (C=O) groups excluding carboxylic acids is 4. The zero-order chi connectivity index (χ0) is 20.6. The Morgan fingerprint density at radius 2 is 1.61 bits per heavy atom. The molecular formula is C21H19NO6. The van der Waals surface area contributed by atoms with Gasteiger partial charge in [-0.2, -0.15) is 0 Å². The van der Waals surface area contributed by atoms with E-state index in [0.29, 0.717) is 0 Å². The fourth-order valence-electron chi connectivity index (χ4n) is 3.35. The second-order valence-electron chi connectivity index (χ2n) is 6.89. The van der Waals surface area contributed by atoms with Crippen LogP contribution >= 0.6 is 0 Å². The molecule has 0 unspecified atom stereocenters. The minimum absolute atomic E-state index is 0.0800. The number of hydrogen-bond acceptors (Lipinski definition) is 6. The number of Topliss-reactive ketones (excluding diaryl/α,β-unsaturated/α-hetero) is 2. The molecule has 7 heteroatoms. The Morgan fingerprint density at radius 3 is 2.07 bits per heavy atom. The van der Waals surface area contributed by atoms with E-state index in [1.807, 2.05) is 13.8 Å². The lowest BCUT2D eigenvalue weighted by Gasteiger charge is -2.28. The summed E-state index contributed by atoms with van der Waals surface area (Å²) in [7, 11) is 0. The largest absolute Gasteiger partial charge is 0.508 e. The summed E-state index contributed by atoms with van der Waals surface area (Å²) in [6.45, 7) is 4.87. The summed E-state index contributed by atoms with van der Waals surface area (Å²) >= 11 is 0. The number of phenols is 1. The minimum atomic E-state index is -2.21. The van der Waals surface area contributed by atoms with E-state index < -0.39 is 29.2 Å². The van der Waals surface area contributed by atoms with Crippen LogP contribution in [0.4, 0.5) is 4.79 Å². The molecule has 0 saturated carbocycles. The molecule has 144 valence electrons. The van der Waals surface area contributed by atoms with Crippen molar-refractivity contribution in [1.82, 2.24) is 5.32 Å². The maximum absolute atomic E-state index is 13.2. The zero-order valence-corrected chi connectivity index (χ0v) is 15.6. The van der Waals surface area contributed by atoms with Gasteiger partial charge in [0.05, 0.1) is 0 Å². The SMILES string of the molecule is CC(=O)OC(=O)NC1(c2ccc(C(C)C)cc2O)C(=O)c2ccccc2C1=O. The van der Waals surface area contributed by atoms with Gasteiger partial charge < -0.3 is 9.84 Å². The van der Waals surface area contributed by atoms with Crippen LogP contribution in [0.1, 0.15) is 58.5 Å². The molecule has 2 N–H and O–H groups in total. The summed E-state index contributed by atoms with van der Waals surface area (Å²) in [5.41, 5.74) is -1.27. The van der Waals surface area contributed by atoms with E-state index in [0.717, 1.165) is 12.5 Å². The van der Waals surface area contributed by atoms with Crippen molar-refractivity contribution in [2.24, 2.45) is 0 Å². The summed E-state index contributed by atoms with van der Waals surface area (Å²) < 4.78 is 4.48. The van der Waals surface area contributed by atoms with E-state index in [2.05, 4.69) is 10.1 Å². The number of aromatic hydroxyl groups is 1. The Kier molecular flexibility index (Phi) is 4.77. The third-order valence-corrected chi connectivity index (χ3v) is 4.72. The first-order valence-corrected chi connectivity index (χ1v) is 8.71. The Bertz CT molecular complexity index is 973. The average Bonchev–Trinajstić information content (AvgIpc) is 2.84. The Morgan fingerprint density at radius 1 is 1.04 bits per heavy atom. The Balaban J connectivity index is 2.20. The van der Waals surface area contributed by atoms with Gasteiger partial charge in [-0.3, -0.25) is 19.7 Å². The van der Waals surface area contributed by atoms with Crippen molar-refractivity contribution in [1.29, 1.82) is 0 Å². The van der Waals surface area contributed by atoms with Crippen molar-refractivity contribution in [3.05, 3.63) is 64.7 Å². The number of ether oxygens (including phenoxy) is 1. The molecule has 0 spiro atoms. The first-order valence-electron chi connectivity index (χ1n) is 8.71. The van der Waals surface area contributed by atoms with E-state index in [4.69, 9.17) is 0 Å². The van der Waals surface area contributed by atoms with Crippen LogP contribution in [0.25, 0.3) is 0 Å². The highest BCUT2D eigenvalue weighted by atomic mass is 16.6. The Labute approximate surface area is 161 Å². The predicted octanol–water partition coefficient (Wildman–Crippen LogP) is 3.06. The summed E-state index contributed by atoms with van der Waals surface area (Å²) in [5.74, 6) is -2.53. The van der Waals surface area contributed by atoms with E-state index in [9.17, 15) is 24.3 Å². The lowest BCUT2D eigenvalue weighted by molar-refractivity contribution is -0.134. The third kappa shape index (κ3) is 2.94. The van der Waals surface area contributed by atoms with E-state index in [1.165, 1.54) is 24.3 Å². The summed E-state index contributed by atoms with van der Waals surface area (Å²) in [6.07, 6.45) is -1.26. The number of esters is 1. The number of carbonyl (C=O) groups is 4. The minimum Gasteiger partial charge on any atom is -0.508 e. The number of benzene rings is 2. The van der Waals surface area contributed by atoms with Gasteiger partial charge in [0.2, 0.25) is 11.6 Å². The lowest BCUT2D eigenvalue weighted by Crippen LogP contribution is -2.54. The molecule has 1 aliphatic carbocycles. The number of fused-ring (bicyclic) bond motifs is 1. The molecule has 0 fully saturated rings. The lowest BCUT2D eigenvalue weighted by atomic mass is 9.83. The molecule has 7 nitrogen and oxygen atoms in total. The van der Waals surface area contributed by atoms with Crippen molar-refractivity contribution in [2.45, 2.75) is 32.2 Å². The van der Waals surface area contributed by atoms with Crippen LogP contribution in [0.5, 0.6) is 5.75 Å². The zero-order valence-electron chi connectivity index (χ0n) is 15.6. The van der Waals surface area contributed by atoms with Crippen LogP contribution < -0.4 is 5.32 Å². The Hall–Kier alpha value is -3.48. The number of alkyl carbamates (subject to hydrolysis) is 1. The quantitative estimate of drug-likeness (QED) is 0.625. The number of hydrogen-bond donors (Lipinski definition) is 2.